The maximum absolute atomic E-state index is 11.7. The summed E-state index contributed by atoms with van der Waals surface area (Å²) in [6, 6.07) is -0.243. The van der Waals surface area contributed by atoms with Gasteiger partial charge in [0.2, 0.25) is 5.91 Å². The molecule has 0 aromatic carbocycles. The van der Waals surface area contributed by atoms with Gasteiger partial charge in [-0.25, -0.2) is 4.79 Å². The molecule has 1 heterocycles. The predicted molar refractivity (Wildman–Crippen MR) is 69.9 cm³/mol. The summed E-state index contributed by atoms with van der Waals surface area (Å²) in [4.78, 5) is 22.7. The Bertz CT molecular complexity index is 456. The number of carboxylic acids is 1. The van der Waals surface area contributed by atoms with E-state index in [0.717, 1.165) is 11.5 Å². The second-order valence-electron chi connectivity index (χ2n) is 4.44. The first-order valence-electron chi connectivity index (χ1n) is 5.58. The van der Waals surface area contributed by atoms with Crippen LogP contribution in [0.2, 0.25) is 0 Å². The lowest BCUT2D eigenvalue weighted by Crippen LogP contribution is -2.31. The maximum Gasteiger partial charge on any atom is 0.340 e. The Hall–Kier alpha value is -1.47. The average molecular weight is 271 g/mol. The molecule has 0 saturated carbocycles. The molecule has 18 heavy (non-hydrogen) atoms. The zero-order chi connectivity index (χ0) is 13.9. The number of carbonyl (C=O) groups is 2. The van der Waals surface area contributed by atoms with Gasteiger partial charge in [-0.2, -0.15) is 4.37 Å². The Balaban J connectivity index is 2.74. The van der Waals surface area contributed by atoms with E-state index in [0.29, 0.717) is 5.69 Å². The molecule has 0 aliphatic heterocycles. The van der Waals surface area contributed by atoms with E-state index in [9.17, 15) is 9.59 Å². The topological polar surface area (TPSA) is 105 Å². The van der Waals surface area contributed by atoms with Gasteiger partial charge in [0, 0.05) is 12.5 Å². The minimum Gasteiger partial charge on any atom is -0.478 e. The van der Waals surface area contributed by atoms with Crippen LogP contribution in [0.3, 0.4) is 0 Å². The number of rotatable bonds is 5. The Labute approximate surface area is 109 Å². The summed E-state index contributed by atoms with van der Waals surface area (Å²) in [7, 11) is 0. The van der Waals surface area contributed by atoms with Crippen molar-refractivity contribution in [2.45, 2.75) is 33.2 Å². The van der Waals surface area contributed by atoms with Crippen molar-refractivity contribution < 1.29 is 14.7 Å². The number of anilines is 1. The largest absolute Gasteiger partial charge is 0.478 e. The Kier molecular flexibility index (Phi) is 4.80. The molecule has 4 N–H and O–H groups in total. The first-order chi connectivity index (χ1) is 8.32. The van der Waals surface area contributed by atoms with Gasteiger partial charge in [0.25, 0.3) is 0 Å². The molecule has 7 heteroatoms. The second-order valence-corrected chi connectivity index (χ2v) is 5.21. The first-order valence-corrected chi connectivity index (χ1v) is 6.35. The standard InChI is InChI=1S/C11H17N3O3S/c1-5(2)7(12)4-8(15)13-10-9(11(16)17)6(3)14-18-10/h5,7H,4,12H2,1-3H3,(H,13,15)(H,16,17). The van der Waals surface area contributed by atoms with Gasteiger partial charge in [0.15, 0.2) is 0 Å². The summed E-state index contributed by atoms with van der Waals surface area (Å²) in [6.45, 7) is 5.45. The summed E-state index contributed by atoms with van der Waals surface area (Å²) in [5.41, 5.74) is 6.23. The van der Waals surface area contributed by atoms with Crippen LogP contribution in [0.1, 0.15) is 36.3 Å². The molecule has 0 aliphatic rings. The fourth-order valence-corrected chi connectivity index (χ4v) is 2.14. The summed E-state index contributed by atoms with van der Waals surface area (Å²) in [5, 5.41) is 11.8. The Morgan fingerprint density at radius 3 is 2.61 bits per heavy atom. The number of hydrogen-bond donors (Lipinski definition) is 3. The SMILES string of the molecule is Cc1nsc(NC(=O)CC(N)C(C)C)c1C(=O)O. The van der Waals surface area contributed by atoms with Crippen LogP contribution in [-0.2, 0) is 4.79 Å². The van der Waals surface area contributed by atoms with Crippen molar-refractivity contribution in [3.63, 3.8) is 0 Å². The fraction of sp³-hybridized carbons (Fsp3) is 0.545. The maximum atomic E-state index is 11.7. The summed E-state index contributed by atoms with van der Waals surface area (Å²) >= 11 is 0.965. The molecule has 6 nitrogen and oxygen atoms in total. The number of amides is 1. The van der Waals surface area contributed by atoms with Gasteiger partial charge in [0.1, 0.15) is 10.6 Å². The van der Waals surface area contributed by atoms with E-state index < -0.39 is 5.97 Å². The van der Waals surface area contributed by atoms with Crippen LogP contribution in [0, 0.1) is 12.8 Å². The molecule has 0 aliphatic carbocycles. The highest BCUT2D eigenvalue weighted by atomic mass is 32.1. The quantitative estimate of drug-likeness (QED) is 0.752. The Morgan fingerprint density at radius 2 is 2.11 bits per heavy atom. The van der Waals surface area contributed by atoms with Gasteiger partial charge < -0.3 is 16.2 Å². The van der Waals surface area contributed by atoms with Crippen molar-refractivity contribution in [3.8, 4) is 0 Å². The molecule has 0 spiro atoms. The van der Waals surface area contributed by atoms with Crippen molar-refractivity contribution in [1.82, 2.24) is 4.37 Å². The van der Waals surface area contributed by atoms with Crippen LogP contribution in [-0.4, -0.2) is 27.4 Å². The van der Waals surface area contributed by atoms with Gasteiger partial charge in [-0.05, 0) is 24.4 Å². The number of nitrogens with one attached hydrogen (secondary N) is 1. The van der Waals surface area contributed by atoms with E-state index in [1.54, 1.807) is 6.92 Å². The molecule has 1 unspecified atom stereocenters. The molecule has 1 atom stereocenters. The third kappa shape index (κ3) is 3.51. The lowest BCUT2D eigenvalue weighted by Gasteiger charge is -2.14. The lowest BCUT2D eigenvalue weighted by atomic mass is 10.0. The summed E-state index contributed by atoms with van der Waals surface area (Å²) < 4.78 is 3.92. The van der Waals surface area contributed by atoms with Crippen LogP contribution in [0.5, 0.6) is 0 Å². The minimum absolute atomic E-state index is 0.0477. The smallest absolute Gasteiger partial charge is 0.340 e. The van der Waals surface area contributed by atoms with Crippen LogP contribution in [0.25, 0.3) is 0 Å². The summed E-state index contributed by atoms with van der Waals surface area (Å²) in [5.74, 6) is -1.19. The van der Waals surface area contributed by atoms with Gasteiger partial charge in [-0.15, -0.1) is 0 Å². The van der Waals surface area contributed by atoms with Gasteiger partial charge in [0.05, 0.1) is 5.69 Å². The number of carboxylic acid groups (broad SMARTS) is 1. The first kappa shape index (κ1) is 14.6. The van der Waals surface area contributed by atoms with Crippen LogP contribution in [0.15, 0.2) is 0 Å². The predicted octanol–water partition coefficient (Wildman–Crippen LogP) is 1.46. The number of hydrogen-bond acceptors (Lipinski definition) is 5. The highest BCUT2D eigenvalue weighted by Crippen LogP contribution is 2.24. The molecule has 0 radical (unpaired) electrons. The van der Waals surface area contributed by atoms with Crippen LogP contribution >= 0.6 is 11.5 Å². The fourth-order valence-electron chi connectivity index (χ4n) is 1.33. The second kappa shape index (κ2) is 5.92. The summed E-state index contributed by atoms with van der Waals surface area (Å²) in [6.07, 6.45) is 0.160. The number of aromatic nitrogens is 1. The van der Waals surface area contributed by atoms with Crippen molar-refractivity contribution >= 4 is 28.4 Å². The van der Waals surface area contributed by atoms with Crippen molar-refractivity contribution in [1.29, 1.82) is 0 Å². The molecule has 0 fully saturated rings. The molecule has 0 bridgehead atoms. The number of nitrogens with two attached hydrogens (primary N) is 1. The molecule has 100 valence electrons. The van der Waals surface area contributed by atoms with Gasteiger partial charge in [-0.3, -0.25) is 4.79 Å². The number of aryl methyl sites for hydroxylation is 1. The average Bonchev–Trinajstić information content (AvgIpc) is 2.59. The van der Waals surface area contributed by atoms with Crippen LogP contribution < -0.4 is 11.1 Å². The normalized spacial score (nSPS) is 12.5. The zero-order valence-electron chi connectivity index (χ0n) is 10.6. The molecule has 1 aromatic heterocycles. The Morgan fingerprint density at radius 1 is 1.50 bits per heavy atom. The number of carbonyl (C=O) groups excluding carboxylic acids is 1. The van der Waals surface area contributed by atoms with Crippen LogP contribution in [0.4, 0.5) is 5.00 Å². The monoisotopic (exact) mass is 271 g/mol. The highest BCUT2D eigenvalue weighted by molar-refractivity contribution is 7.11. The van der Waals surface area contributed by atoms with Crippen molar-refractivity contribution in [2.75, 3.05) is 5.32 Å². The van der Waals surface area contributed by atoms with E-state index in [1.165, 1.54) is 0 Å². The van der Waals surface area contributed by atoms with Gasteiger partial charge in [-0.1, -0.05) is 13.8 Å². The van der Waals surface area contributed by atoms with E-state index in [2.05, 4.69) is 9.69 Å². The zero-order valence-corrected chi connectivity index (χ0v) is 11.4. The molecule has 1 amide bonds. The van der Waals surface area contributed by atoms with E-state index in [-0.39, 0.29) is 34.9 Å². The van der Waals surface area contributed by atoms with Crippen molar-refractivity contribution in [3.05, 3.63) is 11.3 Å². The minimum atomic E-state index is -1.09. The molecule has 0 saturated heterocycles. The highest BCUT2D eigenvalue weighted by Gasteiger charge is 2.20. The van der Waals surface area contributed by atoms with Gasteiger partial charge >= 0.3 is 5.97 Å². The third-order valence-corrected chi connectivity index (χ3v) is 3.46. The third-order valence-electron chi connectivity index (χ3n) is 2.61. The molecular weight excluding hydrogens is 254 g/mol. The number of nitrogens with zero attached hydrogens (tertiary/aromatic N) is 1. The van der Waals surface area contributed by atoms with Crippen molar-refractivity contribution in [2.24, 2.45) is 11.7 Å². The molecule has 1 aromatic rings. The molecular formula is C11H17N3O3S. The molecule has 1 rings (SSSR count). The number of aromatic carboxylic acids is 1. The van der Waals surface area contributed by atoms with E-state index in [1.807, 2.05) is 13.8 Å². The van der Waals surface area contributed by atoms with E-state index in [4.69, 9.17) is 10.8 Å². The van der Waals surface area contributed by atoms with E-state index >= 15 is 0 Å². The lowest BCUT2D eigenvalue weighted by molar-refractivity contribution is -0.116.